The van der Waals surface area contributed by atoms with E-state index >= 15 is 0 Å². The minimum atomic E-state index is 0.457. The first-order valence-electron chi connectivity index (χ1n) is 5.16. The average Bonchev–Trinajstić information content (AvgIpc) is 2.17. The quantitative estimate of drug-likeness (QED) is 0.792. The summed E-state index contributed by atoms with van der Waals surface area (Å²) in [5.74, 6) is 1.73. The minimum absolute atomic E-state index is 0.457. The van der Waals surface area contributed by atoms with E-state index in [1.165, 1.54) is 18.4 Å². The topological polar surface area (TPSA) is 35.2 Å². The summed E-state index contributed by atoms with van der Waals surface area (Å²) in [6, 6.07) is 8.78. The van der Waals surface area contributed by atoms with E-state index in [0.717, 1.165) is 18.1 Å². The Hall–Kier alpha value is -1.02. The highest BCUT2D eigenvalue weighted by Crippen LogP contribution is 2.29. The largest absolute Gasteiger partial charge is 0.497 e. The smallest absolute Gasteiger partial charge is 0.118 e. The van der Waals surface area contributed by atoms with Crippen molar-refractivity contribution in [3.05, 3.63) is 29.8 Å². The van der Waals surface area contributed by atoms with Crippen LogP contribution in [0.2, 0.25) is 0 Å². The van der Waals surface area contributed by atoms with E-state index in [1.807, 2.05) is 12.1 Å². The summed E-state index contributed by atoms with van der Waals surface area (Å²) < 4.78 is 5.11. The van der Waals surface area contributed by atoms with Gasteiger partial charge in [-0.15, -0.1) is 0 Å². The molecule has 0 amide bonds. The van der Waals surface area contributed by atoms with E-state index in [2.05, 4.69) is 12.1 Å². The van der Waals surface area contributed by atoms with E-state index in [9.17, 15) is 0 Å². The lowest BCUT2D eigenvalue weighted by atomic mass is 9.77. The number of hydrogen-bond donors (Lipinski definition) is 1. The summed E-state index contributed by atoms with van der Waals surface area (Å²) in [7, 11) is 1.69. The van der Waals surface area contributed by atoms with Crippen molar-refractivity contribution in [2.24, 2.45) is 11.7 Å². The normalized spacial score (nSPS) is 25.6. The van der Waals surface area contributed by atoms with Crippen molar-refractivity contribution in [1.29, 1.82) is 0 Å². The molecular formula is C12H17NO. The van der Waals surface area contributed by atoms with Gasteiger partial charge in [0.15, 0.2) is 0 Å². The number of ether oxygens (including phenoxy) is 1. The molecule has 2 nitrogen and oxygen atoms in total. The highest BCUT2D eigenvalue weighted by atomic mass is 16.5. The highest BCUT2D eigenvalue weighted by molar-refractivity contribution is 5.27. The van der Waals surface area contributed by atoms with Crippen LogP contribution in [0.15, 0.2) is 24.3 Å². The lowest BCUT2D eigenvalue weighted by Gasteiger charge is -2.32. The van der Waals surface area contributed by atoms with Gasteiger partial charge in [-0.2, -0.15) is 0 Å². The van der Waals surface area contributed by atoms with E-state index < -0.39 is 0 Å². The monoisotopic (exact) mass is 191 g/mol. The third kappa shape index (κ3) is 2.07. The molecule has 0 atom stereocenters. The lowest BCUT2D eigenvalue weighted by Crippen LogP contribution is -2.37. The standard InChI is InChI=1S/C12H17NO/c1-14-12-4-2-9(3-5-12)6-10-7-11(13)8-10/h2-5,10-11H,6-8,13H2,1H3. The number of hydrogen-bond acceptors (Lipinski definition) is 2. The van der Waals surface area contributed by atoms with Gasteiger partial charge in [-0.1, -0.05) is 12.1 Å². The first-order chi connectivity index (χ1) is 6.78. The molecule has 0 unspecified atom stereocenters. The van der Waals surface area contributed by atoms with Crippen molar-refractivity contribution in [3.8, 4) is 5.75 Å². The van der Waals surface area contributed by atoms with Crippen LogP contribution < -0.4 is 10.5 Å². The molecule has 0 saturated heterocycles. The molecule has 1 aromatic rings. The molecular weight excluding hydrogens is 174 g/mol. The Bertz CT molecular complexity index is 288. The van der Waals surface area contributed by atoms with Gasteiger partial charge < -0.3 is 10.5 Å². The van der Waals surface area contributed by atoms with Gasteiger partial charge in [0.2, 0.25) is 0 Å². The Morgan fingerprint density at radius 1 is 1.29 bits per heavy atom. The maximum absolute atomic E-state index is 5.75. The molecule has 0 spiro atoms. The predicted molar refractivity (Wildman–Crippen MR) is 57.4 cm³/mol. The third-order valence-electron chi connectivity index (χ3n) is 2.96. The summed E-state index contributed by atoms with van der Waals surface area (Å²) in [5.41, 5.74) is 7.14. The number of rotatable bonds is 3. The Kier molecular flexibility index (Phi) is 2.73. The van der Waals surface area contributed by atoms with Crippen LogP contribution in [0.25, 0.3) is 0 Å². The summed E-state index contributed by atoms with van der Waals surface area (Å²) in [6.07, 6.45) is 3.54. The van der Waals surface area contributed by atoms with E-state index in [1.54, 1.807) is 7.11 Å². The molecule has 2 N–H and O–H groups in total. The Morgan fingerprint density at radius 2 is 1.93 bits per heavy atom. The third-order valence-corrected chi connectivity index (χ3v) is 2.96. The van der Waals surface area contributed by atoms with Crippen LogP contribution in [0.1, 0.15) is 18.4 Å². The van der Waals surface area contributed by atoms with Gasteiger partial charge in [0, 0.05) is 6.04 Å². The first kappa shape index (κ1) is 9.53. The van der Waals surface area contributed by atoms with Gasteiger partial charge in [-0.25, -0.2) is 0 Å². The van der Waals surface area contributed by atoms with Gasteiger partial charge >= 0.3 is 0 Å². The van der Waals surface area contributed by atoms with E-state index in [0.29, 0.717) is 6.04 Å². The summed E-state index contributed by atoms with van der Waals surface area (Å²) in [5, 5.41) is 0. The molecule has 0 aliphatic heterocycles. The zero-order chi connectivity index (χ0) is 9.97. The highest BCUT2D eigenvalue weighted by Gasteiger charge is 2.25. The van der Waals surface area contributed by atoms with Crippen molar-refractivity contribution < 1.29 is 4.74 Å². The van der Waals surface area contributed by atoms with Gasteiger partial charge in [0.25, 0.3) is 0 Å². The summed E-state index contributed by atoms with van der Waals surface area (Å²) in [4.78, 5) is 0. The Labute approximate surface area is 85.1 Å². The number of nitrogens with two attached hydrogens (primary N) is 1. The van der Waals surface area contributed by atoms with Crippen LogP contribution in [0.3, 0.4) is 0 Å². The maximum Gasteiger partial charge on any atom is 0.118 e. The zero-order valence-electron chi connectivity index (χ0n) is 8.57. The second-order valence-corrected chi connectivity index (χ2v) is 4.15. The lowest BCUT2D eigenvalue weighted by molar-refractivity contribution is 0.264. The second-order valence-electron chi connectivity index (χ2n) is 4.15. The van der Waals surface area contributed by atoms with Crippen LogP contribution in [0, 0.1) is 5.92 Å². The molecule has 0 aromatic heterocycles. The van der Waals surface area contributed by atoms with Gasteiger partial charge in [0.1, 0.15) is 5.75 Å². The second kappa shape index (κ2) is 4.01. The molecule has 14 heavy (non-hydrogen) atoms. The Balaban J connectivity index is 1.90. The molecule has 0 heterocycles. The summed E-state index contributed by atoms with van der Waals surface area (Å²) in [6.45, 7) is 0. The fourth-order valence-electron chi connectivity index (χ4n) is 2.05. The van der Waals surface area contributed by atoms with Crippen molar-refractivity contribution in [2.45, 2.75) is 25.3 Å². The maximum atomic E-state index is 5.75. The van der Waals surface area contributed by atoms with Crippen molar-refractivity contribution in [3.63, 3.8) is 0 Å². The van der Waals surface area contributed by atoms with E-state index in [4.69, 9.17) is 10.5 Å². The van der Waals surface area contributed by atoms with Crippen LogP contribution in [-0.2, 0) is 6.42 Å². The molecule has 76 valence electrons. The molecule has 1 saturated carbocycles. The van der Waals surface area contributed by atoms with Crippen LogP contribution in [-0.4, -0.2) is 13.2 Å². The van der Waals surface area contributed by atoms with Crippen molar-refractivity contribution >= 4 is 0 Å². The number of benzene rings is 1. The molecule has 1 aliphatic rings. The molecule has 1 fully saturated rings. The van der Waals surface area contributed by atoms with Crippen LogP contribution >= 0.6 is 0 Å². The summed E-state index contributed by atoms with van der Waals surface area (Å²) >= 11 is 0. The minimum Gasteiger partial charge on any atom is -0.497 e. The number of methoxy groups -OCH3 is 1. The molecule has 0 radical (unpaired) electrons. The van der Waals surface area contributed by atoms with Crippen LogP contribution in [0.5, 0.6) is 5.75 Å². The molecule has 0 bridgehead atoms. The van der Waals surface area contributed by atoms with Crippen LogP contribution in [0.4, 0.5) is 0 Å². The predicted octanol–water partition coefficient (Wildman–Crippen LogP) is 1.98. The van der Waals surface area contributed by atoms with E-state index in [-0.39, 0.29) is 0 Å². The van der Waals surface area contributed by atoms with Crippen molar-refractivity contribution in [2.75, 3.05) is 7.11 Å². The first-order valence-corrected chi connectivity index (χ1v) is 5.16. The fraction of sp³-hybridized carbons (Fsp3) is 0.500. The Morgan fingerprint density at radius 3 is 2.43 bits per heavy atom. The average molecular weight is 191 g/mol. The molecule has 1 aromatic carbocycles. The fourth-order valence-corrected chi connectivity index (χ4v) is 2.05. The molecule has 2 rings (SSSR count). The molecule has 1 aliphatic carbocycles. The SMILES string of the molecule is COc1ccc(CC2CC(N)C2)cc1. The van der Waals surface area contributed by atoms with Gasteiger partial charge in [0.05, 0.1) is 7.11 Å². The van der Waals surface area contributed by atoms with Crippen molar-refractivity contribution in [1.82, 2.24) is 0 Å². The zero-order valence-corrected chi connectivity index (χ0v) is 8.57. The van der Waals surface area contributed by atoms with Gasteiger partial charge in [-0.3, -0.25) is 0 Å². The molecule has 2 heteroatoms. The van der Waals surface area contributed by atoms with Gasteiger partial charge in [-0.05, 0) is 42.9 Å².